The number of aromatic amines is 1. The number of thiazole rings is 1. The molecule has 12 heteroatoms. The molecule has 0 saturated carbocycles. The second-order valence-corrected chi connectivity index (χ2v) is 7.90. The first kappa shape index (κ1) is 19.4. The average molecular weight is 449 g/mol. The third-order valence-corrected chi connectivity index (χ3v) is 5.78. The van der Waals surface area contributed by atoms with Crippen molar-refractivity contribution in [1.82, 2.24) is 24.7 Å². The van der Waals surface area contributed by atoms with Crippen molar-refractivity contribution in [2.24, 2.45) is 0 Å². The molecule has 0 aliphatic rings. The van der Waals surface area contributed by atoms with Crippen LogP contribution in [-0.4, -0.2) is 43.5 Å². The van der Waals surface area contributed by atoms with Gasteiger partial charge in [0, 0.05) is 11.6 Å². The van der Waals surface area contributed by atoms with Crippen LogP contribution in [0.15, 0.2) is 45.9 Å². The number of benzene rings is 1. The lowest BCUT2D eigenvalue weighted by atomic mass is 10.3. The van der Waals surface area contributed by atoms with Crippen molar-refractivity contribution in [1.29, 1.82) is 0 Å². The Hall–Kier alpha value is -2.89. The number of nitrogens with zero attached hydrogens (tertiary/aromatic N) is 4. The fraction of sp³-hybridized carbons (Fsp3) is 0.118. The third-order valence-electron chi connectivity index (χ3n) is 3.86. The number of thioether (sulfide) groups is 1. The van der Waals surface area contributed by atoms with Gasteiger partial charge < -0.3 is 10.1 Å². The maximum atomic E-state index is 13.0. The highest BCUT2D eigenvalue weighted by molar-refractivity contribution is 7.99. The Morgan fingerprint density at radius 1 is 1.45 bits per heavy atom. The number of rotatable bonds is 6. The van der Waals surface area contributed by atoms with Crippen molar-refractivity contribution in [3.63, 3.8) is 0 Å². The van der Waals surface area contributed by atoms with E-state index in [4.69, 9.17) is 16.3 Å². The summed E-state index contributed by atoms with van der Waals surface area (Å²) in [5, 5.41) is 12.5. The van der Waals surface area contributed by atoms with Crippen LogP contribution in [0.2, 0.25) is 5.02 Å². The van der Waals surface area contributed by atoms with Crippen LogP contribution in [0.3, 0.4) is 0 Å². The van der Waals surface area contributed by atoms with Gasteiger partial charge in [-0.1, -0.05) is 23.4 Å². The SMILES string of the molecule is COc1ccc(-n2c(SCC(=O)Nc3nccs3)nc3[nH]ncc3c2=O)cc1Cl. The van der Waals surface area contributed by atoms with Crippen LogP contribution in [0.5, 0.6) is 5.75 Å². The van der Waals surface area contributed by atoms with Gasteiger partial charge in [-0.2, -0.15) is 5.10 Å². The van der Waals surface area contributed by atoms with E-state index < -0.39 is 0 Å². The van der Waals surface area contributed by atoms with E-state index in [1.165, 1.54) is 29.2 Å². The molecular formula is C17H13ClN6O3S2. The van der Waals surface area contributed by atoms with Crippen LogP contribution in [0.4, 0.5) is 5.13 Å². The third kappa shape index (κ3) is 3.97. The van der Waals surface area contributed by atoms with Gasteiger partial charge in [-0.15, -0.1) is 11.3 Å². The van der Waals surface area contributed by atoms with Crippen LogP contribution < -0.4 is 15.6 Å². The fourth-order valence-corrected chi connectivity index (χ4v) is 4.17. The minimum absolute atomic E-state index is 0.0373. The van der Waals surface area contributed by atoms with Crippen molar-refractivity contribution in [3.8, 4) is 11.4 Å². The molecule has 1 aromatic carbocycles. The van der Waals surface area contributed by atoms with Crippen LogP contribution in [-0.2, 0) is 4.79 Å². The first-order chi connectivity index (χ1) is 14.1. The van der Waals surface area contributed by atoms with Gasteiger partial charge in [-0.05, 0) is 18.2 Å². The van der Waals surface area contributed by atoms with E-state index in [1.807, 2.05) is 0 Å². The molecule has 1 amide bonds. The van der Waals surface area contributed by atoms with Gasteiger partial charge in [-0.3, -0.25) is 19.3 Å². The first-order valence-corrected chi connectivity index (χ1v) is 10.4. The zero-order chi connectivity index (χ0) is 20.4. The summed E-state index contributed by atoms with van der Waals surface area (Å²) in [6.07, 6.45) is 3.02. The number of ether oxygens (including phenoxy) is 1. The summed E-state index contributed by atoms with van der Waals surface area (Å²) in [4.78, 5) is 33.7. The van der Waals surface area contributed by atoms with Crippen LogP contribution in [0.1, 0.15) is 0 Å². The maximum absolute atomic E-state index is 13.0. The van der Waals surface area contributed by atoms with E-state index in [0.29, 0.717) is 37.8 Å². The zero-order valence-electron chi connectivity index (χ0n) is 14.9. The number of anilines is 1. The highest BCUT2D eigenvalue weighted by Gasteiger charge is 2.17. The average Bonchev–Trinajstić information content (AvgIpc) is 3.38. The van der Waals surface area contributed by atoms with E-state index in [0.717, 1.165) is 11.8 Å². The highest BCUT2D eigenvalue weighted by atomic mass is 35.5. The van der Waals surface area contributed by atoms with Crippen LogP contribution >= 0.6 is 34.7 Å². The van der Waals surface area contributed by atoms with Crippen molar-refractivity contribution >= 4 is 56.8 Å². The summed E-state index contributed by atoms with van der Waals surface area (Å²) >= 11 is 8.67. The number of aromatic nitrogens is 5. The number of methoxy groups -OCH3 is 1. The Bertz CT molecular complexity index is 1240. The summed E-state index contributed by atoms with van der Waals surface area (Å²) in [6, 6.07) is 4.96. The first-order valence-electron chi connectivity index (χ1n) is 8.19. The van der Waals surface area contributed by atoms with E-state index >= 15 is 0 Å². The monoisotopic (exact) mass is 448 g/mol. The highest BCUT2D eigenvalue weighted by Crippen LogP contribution is 2.28. The largest absolute Gasteiger partial charge is 0.495 e. The Balaban J connectivity index is 1.70. The minimum atomic E-state index is -0.326. The lowest BCUT2D eigenvalue weighted by Gasteiger charge is -2.13. The van der Waals surface area contributed by atoms with Crippen molar-refractivity contribution in [3.05, 3.63) is 51.3 Å². The van der Waals surface area contributed by atoms with Gasteiger partial charge in [-0.25, -0.2) is 9.97 Å². The van der Waals surface area contributed by atoms with E-state index in [2.05, 4.69) is 25.5 Å². The fourth-order valence-electron chi connectivity index (χ4n) is 2.56. The molecule has 0 spiro atoms. The molecule has 0 radical (unpaired) electrons. The van der Waals surface area contributed by atoms with Gasteiger partial charge in [0.25, 0.3) is 5.56 Å². The standard InChI is InChI=1S/C17H13ClN6O3S2/c1-27-12-3-2-9(6-11(12)18)24-15(26)10-7-20-23-14(10)22-17(24)29-8-13(25)21-16-19-4-5-28-16/h2-7H,8H2,1H3,(H,20,23)(H,19,21,25). The number of halogens is 1. The molecule has 3 aromatic heterocycles. The lowest BCUT2D eigenvalue weighted by Crippen LogP contribution is -2.22. The van der Waals surface area contributed by atoms with Gasteiger partial charge in [0.15, 0.2) is 15.9 Å². The number of H-pyrrole nitrogens is 1. The maximum Gasteiger partial charge on any atom is 0.269 e. The van der Waals surface area contributed by atoms with Crippen molar-refractivity contribution < 1.29 is 9.53 Å². The molecule has 2 N–H and O–H groups in total. The number of hydrogen-bond donors (Lipinski definition) is 2. The molecule has 0 atom stereocenters. The molecule has 0 saturated heterocycles. The normalized spacial score (nSPS) is 11.0. The van der Waals surface area contributed by atoms with Crippen LogP contribution in [0.25, 0.3) is 16.7 Å². The van der Waals surface area contributed by atoms with Crippen molar-refractivity contribution in [2.75, 3.05) is 18.2 Å². The summed E-state index contributed by atoms with van der Waals surface area (Å²) in [7, 11) is 1.51. The topological polar surface area (TPSA) is 115 Å². The van der Waals surface area contributed by atoms with Crippen LogP contribution in [0, 0.1) is 0 Å². The van der Waals surface area contributed by atoms with Gasteiger partial charge in [0.2, 0.25) is 5.91 Å². The Morgan fingerprint density at radius 2 is 2.31 bits per heavy atom. The van der Waals surface area contributed by atoms with Gasteiger partial charge in [0.05, 0.1) is 29.8 Å². The predicted octanol–water partition coefficient (Wildman–Crippen LogP) is 2.96. The number of fused-ring (bicyclic) bond motifs is 1. The quantitative estimate of drug-likeness (QED) is 0.344. The second-order valence-electron chi connectivity index (χ2n) is 5.66. The number of carbonyl (C=O) groups excluding carboxylic acids is 1. The summed E-state index contributed by atoms with van der Waals surface area (Å²) < 4.78 is 6.56. The molecule has 0 aliphatic carbocycles. The molecule has 4 rings (SSSR count). The van der Waals surface area contributed by atoms with Gasteiger partial charge >= 0.3 is 0 Å². The molecule has 3 heterocycles. The summed E-state index contributed by atoms with van der Waals surface area (Å²) in [5.41, 5.74) is 0.515. The zero-order valence-corrected chi connectivity index (χ0v) is 17.3. The van der Waals surface area contributed by atoms with E-state index in [9.17, 15) is 9.59 Å². The summed E-state index contributed by atoms with van der Waals surface area (Å²) in [6.45, 7) is 0. The molecular weight excluding hydrogens is 436 g/mol. The molecule has 0 bridgehead atoms. The number of hydrogen-bond acceptors (Lipinski definition) is 8. The molecule has 9 nitrogen and oxygen atoms in total. The molecule has 4 aromatic rings. The molecule has 0 fully saturated rings. The van der Waals surface area contributed by atoms with Gasteiger partial charge in [0.1, 0.15) is 11.1 Å². The second kappa shape index (κ2) is 8.23. The van der Waals surface area contributed by atoms with Crippen molar-refractivity contribution in [2.45, 2.75) is 5.16 Å². The molecule has 0 aliphatic heterocycles. The summed E-state index contributed by atoms with van der Waals surface area (Å²) in [5.74, 6) is 0.260. The predicted molar refractivity (Wildman–Crippen MR) is 113 cm³/mol. The molecule has 148 valence electrons. The number of carbonyl (C=O) groups is 1. The lowest BCUT2D eigenvalue weighted by molar-refractivity contribution is -0.113. The van der Waals surface area contributed by atoms with E-state index in [-0.39, 0.29) is 17.2 Å². The smallest absolute Gasteiger partial charge is 0.269 e. The van der Waals surface area contributed by atoms with E-state index in [1.54, 1.807) is 29.8 Å². The molecule has 29 heavy (non-hydrogen) atoms. The number of nitrogens with one attached hydrogen (secondary N) is 2. The minimum Gasteiger partial charge on any atom is -0.495 e. The molecule has 0 unspecified atom stereocenters. The Morgan fingerprint density at radius 3 is 3.03 bits per heavy atom. The Labute approximate surface area is 177 Å². The number of amides is 1. The Kier molecular flexibility index (Phi) is 5.51.